The van der Waals surface area contributed by atoms with E-state index in [0.717, 1.165) is 0 Å². The predicted octanol–water partition coefficient (Wildman–Crippen LogP) is 7.29. The predicted molar refractivity (Wildman–Crippen MR) is 116 cm³/mol. The van der Waals surface area contributed by atoms with Crippen molar-refractivity contribution in [3.8, 4) is 0 Å². The first-order valence-electron chi connectivity index (χ1n) is 10.0. The number of benzene rings is 1. The van der Waals surface area contributed by atoms with Crippen LogP contribution in [0, 0.1) is 34.6 Å². The third-order valence-electron chi connectivity index (χ3n) is 6.60. The van der Waals surface area contributed by atoms with E-state index in [-0.39, 0.29) is 31.3 Å². The third-order valence-corrected chi connectivity index (χ3v) is 6.60. The van der Waals surface area contributed by atoms with Gasteiger partial charge < -0.3 is 0 Å². The van der Waals surface area contributed by atoms with Crippen molar-refractivity contribution in [3.05, 3.63) is 68.8 Å². The molecule has 0 fully saturated rings. The molecule has 0 nitrogen and oxygen atoms in total. The van der Waals surface area contributed by atoms with Gasteiger partial charge >= 0.3 is 0 Å². The van der Waals surface area contributed by atoms with Gasteiger partial charge in [0.05, 0.1) is 0 Å². The van der Waals surface area contributed by atoms with E-state index in [2.05, 4.69) is 79.7 Å². The van der Waals surface area contributed by atoms with E-state index < -0.39 is 0 Å². The van der Waals surface area contributed by atoms with Gasteiger partial charge in [0.1, 0.15) is 0 Å². The van der Waals surface area contributed by atoms with E-state index in [1.165, 1.54) is 63.4 Å². The fourth-order valence-corrected chi connectivity index (χ4v) is 4.34. The standard InChI is InChI=1S/C16H19.C10H15.Hf/c1-16(2,3)15-8-7-13-9-11-5-4-6-12(11)10-14(13)15;1-6-7(2)9(4)10(5)8(6)3;/h7-10H,4-6H2,1-3H3;1-5H3;/q2*-1;. The molecule has 0 atom stereocenters. The van der Waals surface area contributed by atoms with Crippen molar-refractivity contribution in [2.24, 2.45) is 0 Å². The van der Waals surface area contributed by atoms with E-state index in [1.807, 2.05) is 0 Å². The second-order valence-electron chi connectivity index (χ2n) is 9.18. The summed E-state index contributed by atoms with van der Waals surface area (Å²) in [5, 5.41) is 2.92. The molecule has 1 heteroatoms. The summed E-state index contributed by atoms with van der Waals surface area (Å²) < 4.78 is 0. The molecule has 4 rings (SSSR count). The molecule has 0 saturated heterocycles. The first kappa shape index (κ1) is 22.3. The second kappa shape index (κ2) is 8.19. The van der Waals surface area contributed by atoms with Crippen LogP contribution in [0.4, 0.5) is 0 Å². The van der Waals surface area contributed by atoms with Gasteiger partial charge in [0.2, 0.25) is 0 Å². The Morgan fingerprint density at radius 3 is 1.81 bits per heavy atom. The Kier molecular flexibility index (Phi) is 6.78. The van der Waals surface area contributed by atoms with Crippen LogP contribution >= 0.6 is 0 Å². The minimum absolute atomic E-state index is 0. The number of hydrogen-bond donors (Lipinski definition) is 0. The van der Waals surface area contributed by atoms with Crippen molar-refractivity contribution >= 4 is 10.8 Å². The average molecular weight is 525 g/mol. The number of rotatable bonds is 0. The molecule has 0 aromatic heterocycles. The quantitative estimate of drug-likeness (QED) is 0.214. The van der Waals surface area contributed by atoms with Gasteiger partial charge in [-0.15, -0.1) is 34.5 Å². The number of hydrogen-bond acceptors (Lipinski definition) is 0. The normalized spacial score (nSPS) is 13.2. The molecule has 0 spiro atoms. The van der Waals surface area contributed by atoms with Crippen LogP contribution in [-0.2, 0) is 44.1 Å². The summed E-state index contributed by atoms with van der Waals surface area (Å²) in [6.45, 7) is 17.9. The third kappa shape index (κ3) is 4.24. The maximum absolute atomic E-state index is 2.44. The van der Waals surface area contributed by atoms with Crippen LogP contribution in [0.2, 0.25) is 0 Å². The van der Waals surface area contributed by atoms with Crippen LogP contribution in [0.15, 0.2) is 24.3 Å². The molecule has 3 aromatic rings. The van der Waals surface area contributed by atoms with E-state index >= 15 is 0 Å². The summed E-state index contributed by atoms with van der Waals surface area (Å²) in [7, 11) is 0. The van der Waals surface area contributed by atoms with Crippen molar-refractivity contribution in [2.75, 3.05) is 0 Å². The van der Waals surface area contributed by atoms with Crippen LogP contribution in [-0.4, -0.2) is 0 Å². The van der Waals surface area contributed by atoms with Crippen molar-refractivity contribution < 1.29 is 25.8 Å². The fraction of sp³-hybridized carbons (Fsp3) is 0.462. The van der Waals surface area contributed by atoms with E-state index in [9.17, 15) is 0 Å². The smallest absolute Gasteiger partial charge is 0 e. The van der Waals surface area contributed by atoms with Crippen LogP contribution in [0.1, 0.15) is 71.7 Å². The Bertz CT molecular complexity index is 861. The Labute approximate surface area is 184 Å². The van der Waals surface area contributed by atoms with E-state index in [4.69, 9.17) is 0 Å². The molecular formula is C26H34Hf-2. The first-order chi connectivity index (χ1) is 12.1. The van der Waals surface area contributed by atoms with Crippen molar-refractivity contribution in [1.29, 1.82) is 0 Å². The summed E-state index contributed by atoms with van der Waals surface area (Å²) in [6.07, 6.45) is 3.90. The molecule has 1 aliphatic carbocycles. The maximum Gasteiger partial charge on any atom is 0 e. The van der Waals surface area contributed by atoms with Crippen LogP contribution in [0.3, 0.4) is 0 Å². The molecule has 0 radical (unpaired) electrons. The van der Waals surface area contributed by atoms with Gasteiger partial charge in [-0.25, -0.2) is 0 Å². The van der Waals surface area contributed by atoms with Gasteiger partial charge in [0, 0.05) is 25.8 Å². The molecular weight excluding hydrogens is 491 g/mol. The van der Waals surface area contributed by atoms with Gasteiger partial charge in [-0.3, -0.25) is 0 Å². The topological polar surface area (TPSA) is 0 Å². The molecule has 0 bridgehead atoms. The largest absolute Gasteiger partial charge is 0.196 e. The monoisotopic (exact) mass is 526 g/mol. The molecule has 0 unspecified atom stereocenters. The van der Waals surface area contributed by atoms with Crippen molar-refractivity contribution in [3.63, 3.8) is 0 Å². The first-order valence-corrected chi connectivity index (χ1v) is 10.0. The number of fused-ring (bicyclic) bond motifs is 2. The summed E-state index contributed by atoms with van der Waals surface area (Å²) in [4.78, 5) is 0. The zero-order valence-electron chi connectivity index (χ0n) is 18.4. The molecule has 3 aromatic carbocycles. The summed E-state index contributed by atoms with van der Waals surface area (Å²) >= 11 is 0. The Morgan fingerprint density at radius 1 is 0.852 bits per heavy atom. The molecule has 0 amide bonds. The molecule has 144 valence electrons. The minimum Gasteiger partial charge on any atom is -0.196 e. The minimum atomic E-state index is 0. The molecule has 1 aliphatic rings. The Hall–Kier alpha value is -0.950. The van der Waals surface area contributed by atoms with Gasteiger partial charge in [0.15, 0.2) is 0 Å². The number of aryl methyl sites for hydroxylation is 2. The van der Waals surface area contributed by atoms with Crippen LogP contribution < -0.4 is 0 Å². The van der Waals surface area contributed by atoms with Crippen LogP contribution in [0.5, 0.6) is 0 Å². The molecule has 0 heterocycles. The molecule has 0 aliphatic heterocycles. The average Bonchev–Trinajstić information content (AvgIpc) is 3.25. The summed E-state index contributed by atoms with van der Waals surface area (Å²) in [5.74, 6) is 0. The van der Waals surface area contributed by atoms with E-state index in [0.29, 0.717) is 0 Å². The van der Waals surface area contributed by atoms with Gasteiger partial charge in [-0.05, 0) is 24.7 Å². The fourth-order valence-electron chi connectivity index (χ4n) is 4.34. The maximum atomic E-state index is 2.44. The Morgan fingerprint density at radius 2 is 1.37 bits per heavy atom. The zero-order chi connectivity index (χ0) is 19.2. The van der Waals surface area contributed by atoms with Crippen molar-refractivity contribution in [1.82, 2.24) is 0 Å². The summed E-state index contributed by atoms with van der Waals surface area (Å²) in [5.41, 5.74) is 12.3. The van der Waals surface area contributed by atoms with Crippen molar-refractivity contribution in [2.45, 2.75) is 80.1 Å². The van der Waals surface area contributed by atoms with Crippen LogP contribution in [0.25, 0.3) is 10.8 Å². The zero-order valence-corrected chi connectivity index (χ0v) is 22.0. The molecule has 27 heavy (non-hydrogen) atoms. The summed E-state index contributed by atoms with van der Waals surface area (Å²) in [6, 6.07) is 9.44. The van der Waals surface area contributed by atoms with E-state index in [1.54, 1.807) is 11.1 Å². The Balaban J connectivity index is 0.000000208. The second-order valence-corrected chi connectivity index (χ2v) is 9.18. The SMILES string of the molecule is CC(C)(C)[c-]1ccc2cc3c(cc21)CCC3.Cc1c(C)c(C)[c-](C)c1C.[Hf]. The van der Waals surface area contributed by atoms with Gasteiger partial charge in [-0.2, -0.15) is 33.9 Å². The van der Waals surface area contributed by atoms with Gasteiger partial charge in [0.25, 0.3) is 0 Å². The van der Waals surface area contributed by atoms with Gasteiger partial charge in [-0.1, -0.05) is 66.5 Å². The molecule has 0 saturated carbocycles. The molecule has 0 N–H and O–H groups in total.